The summed E-state index contributed by atoms with van der Waals surface area (Å²) < 4.78 is 0. The minimum absolute atomic E-state index is 0.0668. The van der Waals surface area contributed by atoms with E-state index >= 15 is 0 Å². The number of nitrogens with two attached hydrogens (primary N) is 1. The quantitative estimate of drug-likeness (QED) is 0.377. The Balaban J connectivity index is 3.19. The number of nitro groups is 1. The first-order valence-electron chi connectivity index (χ1n) is 4.51. The molecule has 1 aromatic carbocycles. The number of anilines is 1. The average Bonchev–Trinajstić information content (AvgIpc) is 2.25. The van der Waals surface area contributed by atoms with Gasteiger partial charge in [-0.2, -0.15) is 0 Å². The SMILES string of the molecule is C=C/C=C(\SC)c1ccc([N+](=O)[O-])c(N)c1. The Hall–Kier alpha value is -1.75. The summed E-state index contributed by atoms with van der Waals surface area (Å²) in [5.41, 5.74) is 6.57. The maximum absolute atomic E-state index is 10.6. The molecule has 0 heterocycles. The highest BCUT2D eigenvalue weighted by atomic mass is 32.2. The highest BCUT2D eigenvalue weighted by molar-refractivity contribution is 8.07. The van der Waals surface area contributed by atoms with Crippen LogP contribution in [0.15, 0.2) is 36.9 Å². The molecule has 16 heavy (non-hydrogen) atoms. The van der Waals surface area contributed by atoms with E-state index in [1.54, 1.807) is 18.2 Å². The van der Waals surface area contributed by atoms with Crippen molar-refractivity contribution in [2.75, 3.05) is 12.0 Å². The Bertz CT molecular complexity index is 455. The van der Waals surface area contributed by atoms with Crippen LogP contribution < -0.4 is 5.73 Å². The maximum Gasteiger partial charge on any atom is 0.292 e. The predicted octanol–water partition coefficient (Wildman–Crippen LogP) is 3.07. The summed E-state index contributed by atoms with van der Waals surface area (Å²) >= 11 is 1.54. The molecule has 0 spiro atoms. The molecule has 0 aliphatic rings. The van der Waals surface area contributed by atoms with E-state index in [1.165, 1.54) is 17.8 Å². The van der Waals surface area contributed by atoms with Crippen molar-refractivity contribution in [3.8, 4) is 0 Å². The van der Waals surface area contributed by atoms with Gasteiger partial charge in [-0.3, -0.25) is 10.1 Å². The van der Waals surface area contributed by atoms with Crippen LogP contribution in [0.2, 0.25) is 0 Å². The lowest BCUT2D eigenvalue weighted by atomic mass is 10.1. The van der Waals surface area contributed by atoms with Crippen LogP contribution in [0.4, 0.5) is 11.4 Å². The van der Waals surface area contributed by atoms with E-state index in [0.717, 1.165) is 10.5 Å². The molecule has 0 aliphatic carbocycles. The molecule has 2 N–H and O–H groups in total. The zero-order chi connectivity index (χ0) is 12.1. The molecule has 5 heteroatoms. The van der Waals surface area contributed by atoms with Gasteiger partial charge in [0.25, 0.3) is 5.69 Å². The summed E-state index contributed by atoms with van der Waals surface area (Å²) in [6.45, 7) is 3.61. The largest absolute Gasteiger partial charge is 0.393 e. The lowest BCUT2D eigenvalue weighted by Gasteiger charge is -2.05. The summed E-state index contributed by atoms with van der Waals surface area (Å²) in [5.74, 6) is 0. The fourth-order valence-corrected chi connectivity index (χ4v) is 1.86. The fourth-order valence-electron chi connectivity index (χ4n) is 1.26. The molecule has 0 fully saturated rings. The zero-order valence-electron chi connectivity index (χ0n) is 8.84. The Labute approximate surface area is 98.0 Å². The van der Waals surface area contributed by atoms with Gasteiger partial charge in [0, 0.05) is 11.0 Å². The molecule has 0 saturated heterocycles. The van der Waals surface area contributed by atoms with Gasteiger partial charge in [-0.05, 0) is 30.0 Å². The second-order valence-corrected chi connectivity index (χ2v) is 3.85. The van der Waals surface area contributed by atoms with Crippen molar-refractivity contribution in [3.63, 3.8) is 0 Å². The van der Waals surface area contributed by atoms with Crippen molar-refractivity contribution in [1.82, 2.24) is 0 Å². The number of hydrogen-bond acceptors (Lipinski definition) is 4. The molecule has 0 amide bonds. The van der Waals surface area contributed by atoms with Crippen LogP contribution in [0.25, 0.3) is 4.91 Å². The maximum atomic E-state index is 10.6. The molecule has 84 valence electrons. The van der Waals surface area contributed by atoms with E-state index in [0.29, 0.717) is 0 Å². The van der Waals surface area contributed by atoms with E-state index in [9.17, 15) is 10.1 Å². The van der Waals surface area contributed by atoms with Gasteiger partial charge < -0.3 is 5.73 Å². The second-order valence-electron chi connectivity index (χ2n) is 3.00. The van der Waals surface area contributed by atoms with Crippen LogP contribution in [-0.4, -0.2) is 11.2 Å². The van der Waals surface area contributed by atoms with Crippen LogP contribution >= 0.6 is 11.8 Å². The first-order valence-corrected chi connectivity index (χ1v) is 5.73. The van der Waals surface area contributed by atoms with Gasteiger partial charge in [0.1, 0.15) is 5.69 Å². The summed E-state index contributed by atoms with van der Waals surface area (Å²) in [4.78, 5) is 11.1. The van der Waals surface area contributed by atoms with E-state index in [2.05, 4.69) is 6.58 Å². The van der Waals surface area contributed by atoms with Gasteiger partial charge in [0.15, 0.2) is 0 Å². The third-order valence-corrected chi connectivity index (χ3v) is 2.81. The molecule has 0 aromatic heterocycles. The Morgan fingerprint density at radius 3 is 2.75 bits per heavy atom. The summed E-state index contributed by atoms with van der Waals surface area (Å²) in [5, 5.41) is 10.6. The van der Waals surface area contributed by atoms with Gasteiger partial charge in [-0.15, -0.1) is 11.8 Å². The van der Waals surface area contributed by atoms with Crippen molar-refractivity contribution in [3.05, 3.63) is 52.6 Å². The number of nitrogen functional groups attached to an aromatic ring is 1. The molecule has 1 aromatic rings. The number of benzene rings is 1. The summed E-state index contributed by atoms with van der Waals surface area (Å²) in [7, 11) is 0. The topological polar surface area (TPSA) is 69.2 Å². The molecular weight excluding hydrogens is 224 g/mol. The van der Waals surface area contributed by atoms with E-state index < -0.39 is 4.92 Å². The van der Waals surface area contributed by atoms with Gasteiger partial charge in [-0.1, -0.05) is 12.7 Å². The minimum Gasteiger partial charge on any atom is -0.393 e. The second kappa shape index (κ2) is 5.37. The van der Waals surface area contributed by atoms with Crippen molar-refractivity contribution >= 4 is 28.0 Å². The van der Waals surface area contributed by atoms with Crippen LogP contribution in [0, 0.1) is 10.1 Å². The third-order valence-electron chi connectivity index (χ3n) is 2.00. The highest BCUT2D eigenvalue weighted by Crippen LogP contribution is 2.30. The predicted molar refractivity (Wildman–Crippen MR) is 69.2 cm³/mol. The summed E-state index contributed by atoms with van der Waals surface area (Å²) in [6.07, 6.45) is 5.43. The number of rotatable bonds is 4. The lowest BCUT2D eigenvalue weighted by Crippen LogP contribution is -1.96. The average molecular weight is 236 g/mol. The monoisotopic (exact) mass is 236 g/mol. The minimum atomic E-state index is -0.491. The summed E-state index contributed by atoms with van der Waals surface area (Å²) in [6, 6.07) is 4.70. The molecular formula is C11H12N2O2S. The Morgan fingerprint density at radius 1 is 1.62 bits per heavy atom. The molecule has 0 bridgehead atoms. The Kier molecular flexibility index (Phi) is 4.13. The van der Waals surface area contributed by atoms with E-state index in [1.807, 2.05) is 12.3 Å². The van der Waals surface area contributed by atoms with Crippen LogP contribution in [-0.2, 0) is 0 Å². The molecule has 0 radical (unpaired) electrons. The first kappa shape index (κ1) is 12.3. The lowest BCUT2D eigenvalue weighted by molar-refractivity contribution is -0.383. The highest BCUT2D eigenvalue weighted by Gasteiger charge is 2.12. The number of thioether (sulfide) groups is 1. The number of hydrogen-bond donors (Lipinski definition) is 1. The number of nitro benzene ring substituents is 1. The standard InChI is InChI=1S/C11H12N2O2S/c1-3-4-11(16-2)8-5-6-10(13(14)15)9(12)7-8/h3-7H,1,12H2,2H3/b11-4-. The molecule has 0 aliphatic heterocycles. The fraction of sp³-hybridized carbons (Fsp3) is 0.0909. The molecule has 4 nitrogen and oxygen atoms in total. The molecule has 0 unspecified atom stereocenters. The molecule has 0 atom stereocenters. The van der Waals surface area contributed by atoms with Gasteiger partial charge in [0.05, 0.1) is 4.92 Å². The van der Waals surface area contributed by atoms with Crippen LogP contribution in [0.3, 0.4) is 0 Å². The van der Waals surface area contributed by atoms with Crippen molar-refractivity contribution in [2.24, 2.45) is 0 Å². The van der Waals surface area contributed by atoms with E-state index in [4.69, 9.17) is 5.73 Å². The van der Waals surface area contributed by atoms with Gasteiger partial charge in [-0.25, -0.2) is 0 Å². The number of allylic oxidation sites excluding steroid dienone is 2. The normalized spacial score (nSPS) is 11.2. The first-order chi connectivity index (χ1) is 7.60. The van der Waals surface area contributed by atoms with Gasteiger partial charge in [0.2, 0.25) is 0 Å². The van der Waals surface area contributed by atoms with Crippen molar-refractivity contribution in [2.45, 2.75) is 0 Å². The zero-order valence-corrected chi connectivity index (χ0v) is 9.66. The van der Waals surface area contributed by atoms with Crippen molar-refractivity contribution < 1.29 is 4.92 Å². The van der Waals surface area contributed by atoms with Crippen LogP contribution in [0.5, 0.6) is 0 Å². The van der Waals surface area contributed by atoms with Crippen LogP contribution in [0.1, 0.15) is 5.56 Å². The smallest absolute Gasteiger partial charge is 0.292 e. The number of nitrogens with zero attached hydrogens (tertiary/aromatic N) is 1. The van der Waals surface area contributed by atoms with Gasteiger partial charge >= 0.3 is 0 Å². The van der Waals surface area contributed by atoms with E-state index in [-0.39, 0.29) is 11.4 Å². The third kappa shape index (κ3) is 2.64. The Morgan fingerprint density at radius 2 is 2.31 bits per heavy atom. The molecule has 1 rings (SSSR count). The molecule has 0 saturated carbocycles. The van der Waals surface area contributed by atoms with Crippen molar-refractivity contribution in [1.29, 1.82) is 0 Å².